The fourth-order valence-corrected chi connectivity index (χ4v) is 2.42. The van der Waals surface area contributed by atoms with Crippen LogP contribution in [0.1, 0.15) is 35.7 Å². The first kappa shape index (κ1) is 13.7. The Bertz CT molecular complexity index is 639. The van der Waals surface area contributed by atoms with Crippen molar-refractivity contribution in [3.8, 4) is 0 Å². The molecular formula is C15H15Cl2N3. The summed E-state index contributed by atoms with van der Waals surface area (Å²) < 4.78 is 0. The number of halogens is 2. The molecule has 3 rings (SSSR count). The number of hydrogen-bond acceptors (Lipinski definition) is 3. The van der Waals surface area contributed by atoms with Gasteiger partial charge in [-0.3, -0.25) is 0 Å². The van der Waals surface area contributed by atoms with Gasteiger partial charge in [0.15, 0.2) is 0 Å². The van der Waals surface area contributed by atoms with Crippen LogP contribution >= 0.6 is 23.2 Å². The molecule has 1 heterocycles. The van der Waals surface area contributed by atoms with Crippen LogP contribution in [0.4, 0.5) is 5.82 Å². The Hall–Kier alpha value is -1.32. The molecule has 0 saturated heterocycles. The van der Waals surface area contributed by atoms with E-state index in [1.54, 1.807) is 0 Å². The fraction of sp³-hybridized carbons (Fsp3) is 0.333. The first-order chi connectivity index (χ1) is 9.63. The standard InChI is InChI=1S/C15H15Cl2N3/c1-9-13(17)19-15(11-5-6-11)20-14(9)18-8-10-3-2-4-12(16)7-10/h2-4,7,11H,5-6,8H2,1H3,(H,18,19,20). The summed E-state index contributed by atoms with van der Waals surface area (Å²) in [6.45, 7) is 2.60. The van der Waals surface area contributed by atoms with Gasteiger partial charge in [0.1, 0.15) is 16.8 Å². The molecule has 1 aliphatic rings. The predicted molar refractivity (Wildman–Crippen MR) is 82.5 cm³/mol. The first-order valence-corrected chi connectivity index (χ1v) is 7.41. The van der Waals surface area contributed by atoms with Gasteiger partial charge in [-0.05, 0) is 37.5 Å². The van der Waals surface area contributed by atoms with Gasteiger partial charge in [-0.1, -0.05) is 35.3 Å². The van der Waals surface area contributed by atoms with Crippen molar-refractivity contribution in [1.82, 2.24) is 9.97 Å². The van der Waals surface area contributed by atoms with Crippen LogP contribution in [0, 0.1) is 6.92 Å². The Kier molecular flexibility index (Phi) is 3.81. The molecule has 0 amide bonds. The zero-order chi connectivity index (χ0) is 14.1. The minimum absolute atomic E-state index is 0.486. The molecule has 1 aromatic carbocycles. The van der Waals surface area contributed by atoms with Crippen molar-refractivity contribution in [1.29, 1.82) is 0 Å². The minimum atomic E-state index is 0.486. The maximum Gasteiger partial charge on any atom is 0.137 e. The molecule has 0 aliphatic heterocycles. The summed E-state index contributed by atoms with van der Waals surface area (Å²) in [5.74, 6) is 2.15. The second-order valence-corrected chi connectivity index (χ2v) is 5.90. The van der Waals surface area contributed by atoms with Crippen LogP contribution < -0.4 is 5.32 Å². The zero-order valence-corrected chi connectivity index (χ0v) is 12.7. The van der Waals surface area contributed by atoms with E-state index in [4.69, 9.17) is 23.2 Å². The summed E-state index contributed by atoms with van der Waals surface area (Å²) >= 11 is 12.2. The lowest BCUT2D eigenvalue weighted by Gasteiger charge is -2.11. The molecule has 1 aromatic heterocycles. The Morgan fingerprint density at radius 3 is 2.75 bits per heavy atom. The molecule has 5 heteroatoms. The molecule has 0 atom stereocenters. The lowest BCUT2D eigenvalue weighted by molar-refractivity contribution is 0.911. The van der Waals surface area contributed by atoms with E-state index in [0.29, 0.717) is 17.6 Å². The number of benzene rings is 1. The molecule has 0 unspecified atom stereocenters. The summed E-state index contributed by atoms with van der Waals surface area (Å²) in [6, 6.07) is 7.77. The Labute approximate surface area is 128 Å². The highest BCUT2D eigenvalue weighted by Gasteiger charge is 2.27. The van der Waals surface area contributed by atoms with Crippen molar-refractivity contribution in [2.24, 2.45) is 0 Å². The van der Waals surface area contributed by atoms with Gasteiger partial charge in [0.2, 0.25) is 0 Å². The van der Waals surface area contributed by atoms with Crippen molar-refractivity contribution in [3.05, 3.63) is 51.4 Å². The van der Waals surface area contributed by atoms with Gasteiger partial charge in [0.25, 0.3) is 0 Å². The summed E-state index contributed by atoms with van der Waals surface area (Å²) in [5, 5.41) is 4.60. The van der Waals surface area contributed by atoms with Crippen LogP contribution in [0.25, 0.3) is 0 Å². The second kappa shape index (κ2) is 5.58. The highest BCUT2D eigenvalue weighted by Crippen LogP contribution is 2.39. The van der Waals surface area contributed by atoms with Crippen LogP contribution in [0.5, 0.6) is 0 Å². The van der Waals surface area contributed by atoms with Crippen molar-refractivity contribution in [3.63, 3.8) is 0 Å². The van der Waals surface area contributed by atoms with Crippen LogP contribution in [0.3, 0.4) is 0 Å². The van der Waals surface area contributed by atoms with Gasteiger partial charge in [0.05, 0.1) is 0 Å². The van der Waals surface area contributed by atoms with E-state index in [9.17, 15) is 0 Å². The van der Waals surface area contributed by atoms with Crippen LogP contribution in [0.15, 0.2) is 24.3 Å². The summed E-state index contributed by atoms with van der Waals surface area (Å²) in [6.07, 6.45) is 2.32. The number of nitrogens with zero attached hydrogens (tertiary/aromatic N) is 2. The van der Waals surface area contributed by atoms with E-state index in [1.807, 2.05) is 31.2 Å². The average Bonchev–Trinajstić information content (AvgIpc) is 3.25. The van der Waals surface area contributed by atoms with E-state index in [2.05, 4.69) is 15.3 Å². The molecule has 1 fully saturated rings. The molecular weight excluding hydrogens is 293 g/mol. The minimum Gasteiger partial charge on any atom is -0.366 e. The van der Waals surface area contributed by atoms with E-state index in [-0.39, 0.29) is 0 Å². The Morgan fingerprint density at radius 2 is 2.05 bits per heavy atom. The lowest BCUT2D eigenvalue weighted by Crippen LogP contribution is -2.07. The van der Waals surface area contributed by atoms with Crippen molar-refractivity contribution < 1.29 is 0 Å². The number of hydrogen-bond donors (Lipinski definition) is 1. The van der Waals surface area contributed by atoms with E-state index in [0.717, 1.165) is 40.6 Å². The number of nitrogens with one attached hydrogen (secondary N) is 1. The van der Waals surface area contributed by atoms with E-state index >= 15 is 0 Å². The smallest absolute Gasteiger partial charge is 0.137 e. The Balaban J connectivity index is 1.79. The third kappa shape index (κ3) is 3.05. The van der Waals surface area contributed by atoms with Crippen molar-refractivity contribution in [2.75, 3.05) is 5.32 Å². The number of rotatable bonds is 4. The van der Waals surface area contributed by atoms with Crippen LogP contribution in [-0.2, 0) is 6.54 Å². The van der Waals surface area contributed by atoms with Crippen molar-refractivity contribution in [2.45, 2.75) is 32.2 Å². The summed E-state index contributed by atoms with van der Waals surface area (Å²) in [4.78, 5) is 8.95. The largest absolute Gasteiger partial charge is 0.366 e. The highest BCUT2D eigenvalue weighted by molar-refractivity contribution is 6.30. The fourth-order valence-electron chi connectivity index (χ4n) is 2.03. The molecule has 1 N–H and O–H groups in total. The number of anilines is 1. The molecule has 1 saturated carbocycles. The van der Waals surface area contributed by atoms with E-state index < -0.39 is 0 Å². The number of aromatic nitrogens is 2. The Morgan fingerprint density at radius 1 is 1.25 bits per heavy atom. The molecule has 0 radical (unpaired) electrons. The SMILES string of the molecule is Cc1c(Cl)nc(C2CC2)nc1NCc1cccc(Cl)c1. The van der Waals surface area contributed by atoms with Gasteiger partial charge < -0.3 is 5.32 Å². The first-order valence-electron chi connectivity index (χ1n) is 6.66. The maximum absolute atomic E-state index is 6.19. The monoisotopic (exact) mass is 307 g/mol. The molecule has 3 nitrogen and oxygen atoms in total. The maximum atomic E-state index is 6.19. The lowest BCUT2D eigenvalue weighted by atomic mass is 10.2. The molecule has 1 aliphatic carbocycles. The molecule has 104 valence electrons. The normalized spacial score (nSPS) is 14.3. The quantitative estimate of drug-likeness (QED) is 0.840. The predicted octanol–water partition coefficient (Wildman–Crippen LogP) is 4.58. The zero-order valence-electron chi connectivity index (χ0n) is 11.2. The topological polar surface area (TPSA) is 37.8 Å². The highest BCUT2D eigenvalue weighted by atomic mass is 35.5. The molecule has 0 bridgehead atoms. The molecule has 20 heavy (non-hydrogen) atoms. The van der Waals surface area contributed by atoms with Gasteiger partial charge in [0, 0.05) is 23.0 Å². The third-order valence-corrected chi connectivity index (χ3v) is 4.00. The molecule has 2 aromatic rings. The van der Waals surface area contributed by atoms with E-state index in [1.165, 1.54) is 0 Å². The van der Waals surface area contributed by atoms with Gasteiger partial charge in [-0.2, -0.15) is 0 Å². The van der Waals surface area contributed by atoms with Crippen LogP contribution in [-0.4, -0.2) is 9.97 Å². The average molecular weight is 308 g/mol. The van der Waals surface area contributed by atoms with Crippen LogP contribution in [0.2, 0.25) is 10.2 Å². The summed E-state index contributed by atoms with van der Waals surface area (Å²) in [5.41, 5.74) is 2.00. The molecule has 0 spiro atoms. The second-order valence-electron chi connectivity index (χ2n) is 5.10. The van der Waals surface area contributed by atoms with Gasteiger partial charge >= 0.3 is 0 Å². The van der Waals surface area contributed by atoms with Crippen molar-refractivity contribution >= 4 is 29.0 Å². The third-order valence-electron chi connectivity index (χ3n) is 3.40. The van der Waals surface area contributed by atoms with Gasteiger partial charge in [-0.25, -0.2) is 9.97 Å². The summed E-state index contributed by atoms with van der Waals surface area (Å²) in [7, 11) is 0. The van der Waals surface area contributed by atoms with Gasteiger partial charge in [-0.15, -0.1) is 0 Å².